The second-order valence-electron chi connectivity index (χ2n) is 2.70. The van der Waals surface area contributed by atoms with E-state index in [0.29, 0.717) is 12.1 Å². The van der Waals surface area contributed by atoms with Gasteiger partial charge in [0.1, 0.15) is 0 Å². The van der Waals surface area contributed by atoms with Crippen LogP contribution in [0.4, 0.5) is 13.2 Å². The smallest absolute Gasteiger partial charge is 0.319 e. The number of ketones is 1. The number of alkyl halides is 3. The van der Waals surface area contributed by atoms with Crippen molar-refractivity contribution >= 4 is 5.78 Å². The Labute approximate surface area is 76.6 Å². The van der Waals surface area contributed by atoms with Gasteiger partial charge in [-0.1, -0.05) is 0 Å². The van der Waals surface area contributed by atoms with Crippen molar-refractivity contribution in [2.75, 3.05) is 0 Å². The quantitative estimate of drug-likeness (QED) is 0.708. The van der Waals surface area contributed by atoms with Crippen molar-refractivity contribution in [3.63, 3.8) is 0 Å². The molecule has 0 saturated heterocycles. The topological polar surface area (TPSA) is 49.9 Å². The van der Waals surface area contributed by atoms with Crippen molar-refractivity contribution < 1.29 is 18.0 Å². The van der Waals surface area contributed by atoms with Crippen LogP contribution in [0.2, 0.25) is 0 Å². The zero-order valence-corrected chi connectivity index (χ0v) is 7.11. The van der Waals surface area contributed by atoms with E-state index in [2.05, 4.69) is 0 Å². The third-order valence-corrected chi connectivity index (χ3v) is 1.55. The minimum atomic E-state index is -4.61. The molecule has 14 heavy (non-hydrogen) atoms. The van der Waals surface area contributed by atoms with Gasteiger partial charge in [0, 0.05) is 13.0 Å². The summed E-state index contributed by atoms with van der Waals surface area (Å²) in [5, 5.41) is 0. The molecule has 0 amide bonds. The molecular weight excluding hydrogens is 199 g/mol. The van der Waals surface area contributed by atoms with Gasteiger partial charge < -0.3 is 4.98 Å². The zero-order chi connectivity index (χ0) is 10.9. The number of aromatic amines is 1. The second kappa shape index (κ2) is 3.28. The van der Waals surface area contributed by atoms with Crippen molar-refractivity contribution in [3.05, 3.63) is 33.7 Å². The van der Waals surface area contributed by atoms with Gasteiger partial charge in [-0.15, -0.1) is 0 Å². The molecule has 0 aliphatic rings. The number of halogens is 3. The highest BCUT2D eigenvalue weighted by atomic mass is 19.4. The summed E-state index contributed by atoms with van der Waals surface area (Å²) in [5.41, 5.74) is -2.40. The van der Waals surface area contributed by atoms with Gasteiger partial charge in [0.25, 0.3) is 0 Å². The molecule has 1 aromatic heterocycles. The van der Waals surface area contributed by atoms with E-state index in [-0.39, 0.29) is 5.69 Å². The molecule has 0 fully saturated rings. The number of Topliss-reactive ketones (excluding diaryl/α,β-unsaturated/α-hetero) is 1. The van der Waals surface area contributed by atoms with Crippen LogP contribution in [0, 0.1) is 0 Å². The first-order valence-electron chi connectivity index (χ1n) is 3.63. The molecule has 0 atom stereocenters. The average molecular weight is 205 g/mol. The molecule has 1 heterocycles. The predicted molar refractivity (Wildman–Crippen MR) is 42.1 cm³/mol. The van der Waals surface area contributed by atoms with E-state index in [1.54, 1.807) is 0 Å². The Bertz CT molecular complexity index is 419. The SMILES string of the molecule is CC(=O)c1cc(C(F)(F)F)cc(=O)[nH]1. The number of rotatable bonds is 1. The Morgan fingerprint density at radius 1 is 1.36 bits per heavy atom. The Morgan fingerprint density at radius 2 is 1.93 bits per heavy atom. The number of pyridine rings is 1. The summed E-state index contributed by atoms with van der Waals surface area (Å²) in [4.78, 5) is 23.5. The van der Waals surface area contributed by atoms with Crippen LogP contribution in [0.25, 0.3) is 0 Å². The lowest BCUT2D eigenvalue weighted by Crippen LogP contribution is -2.16. The van der Waals surface area contributed by atoms with Crippen molar-refractivity contribution in [3.8, 4) is 0 Å². The summed E-state index contributed by atoms with van der Waals surface area (Å²) >= 11 is 0. The van der Waals surface area contributed by atoms with Gasteiger partial charge in [0.2, 0.25) is 5.56 Å². The zero-order valence-electron chi connectivity index (χ0n) is 7.11. The van der Waals surface area contributed by atoms with Crippen LogP contribution in [0.1, 0.15) is 23.0 Å². The van der Waals surface area contributed by atoms with E-state index in [1.807, 2.05) is 4.98 Å². The van der Waals surface area contributed by atoms with Crippen LogP contribution in [-0.4, -0.2) is 10.8 Å². The Kier molecular flexibility index (Phi) is 2.46. The van der Waals surface area contributed by atoms with Crippen LogP contribution in [0.3, 0.4) is 0 Å². The van der Waals surface area contributed by atoms with E-state index in [9.17, 15) is 22.8 Å². The highest BCUT2D eigenvalue weighted by molar-refractivity contribution is 5.92. The average Bonchev–Trinajstić information content (AvgIpc) is 2.01. The standard InChI is InChI=1S/C8H6F3NO2/c1-4(13)6-2-5(8(9,10)11)3-7(14)12-6/h2-3H,1H3,(H,12,14). The number of carbonyl (C=O) groups excluding carboxylic acids is 1. The minimum absolute atomic E-state index is 0.343. The van der Waals surface area contributed by atoms with Gasteiger partial charge in [-0.05, 0) is 6.07 Å². The molecule has 0 aliphatic carbocycles. The normalized spacial score (nSPS) is 11.4. The molecule has 0 radical (unpaired) electrons. The van der Waals surface area contributed by atoms with Gasteiger partial charge in [0.15, 0.2) is 5.78 Å². The number of hydrogen-bond acceptors (Lipinski definition) is 2. The molecule has 0 aromatic carbocycles. The Morgan fingerprint density at radius 3 is 2.36 bits per heavy atom. The highest BCUT2D eigenvalue weighted by Crippen LogP contribution is 2.28. The Balaban J connectivity index is 3.35. The van der Waals surface area contributed by atoms with Gasteiger partial charge >= 0.3 is 6.18 Å². The lowest BCUT2D eigenvalue weighted by Gasteiger charge is -2.06. The maximum atomic E-state index is 12.1. The molecule has 1 rings (SSSR count). The highest BCUT2D eigenvalue weighted by Gasteiger charge is 2.31. The predicted octanol–water partition coefficient (Wildman–Crippen LogP) is 1.60. The van der Waals surface area contributed by atoms with Crippen molar-refractivity contribution in [1.82, 2.24) is 4.98 Å². The number of H-pyrrole nitrogens is 1. The summed E-state index contributed by atoms with van der Waals surface area (Å²) in [6.07, 6.45) is -4.61. The number of aromatic nitrogens is 1. The number of nitrogens with one attached hydrogen (secondary N) is 1. The van der Waals surface area contributed by atoms with Gasteiger partial charge in [-0.3, -0.25) is 9.59 Å². The Hall–Kier alpha value is -1.59. The molecule has 3 nitrogen and oxygen atoms in total. The molecule has 0 unspecified atom stereocenters. The minimum Gasteiger partial charge on any atom is -0.319 e. The molecule has 0 spiro atoms. The lowest BCUT2D eigenvalue weighted by atomic mass is 10.2. The largest absolute Gasteiger partial charge is 0.416 e. The maximum Gasteiger partial charge on any atom is 0.416 e. The number of carbonyl (C=O) groups is 1. The molecule has 0 bridgehead atoms. The van der Waals surface area contributed by atoms with Crippen molar-refractivity contribution in [2.45, 2.75) is 13.1 Å². The van der Waals surface area contributed by atoms with Gasteiger partial charge in [0.05, 0.1) is 11.3 Å². The lowest BCUT2D eigenvalue weighted by molar-refractivity contribution is -0.137. The van der Waals surface area contributed by atoms with Crippen molar-refractivity contribution in [1.29, 1.82) is 0 Å². The summed E-state index contributed by atoms with van der Waals surface area (Å²) in [7, 11) is 0. The first-order valence-corrected chi connectivity index (χ1v) is 3.63. The third-order valence-electron chi connectivity index (χ3n) is 1.55. The van der Waals surface area contributed by atoms with Crippen LogP contribution >= 0.6 is 0 Å². The number of hydrogen-bond donors (Lipinski definition) is 1. The molecule has 1 aromatic rings. The van der Waals surface area contributed by atoms with Gasteiger partial charge in [-0.25, -0.2) is 0 Å². The monoisotopic (exact) mass is 205 g/mol. The fraction of sp³-hybridized carbons (Fsp3) is 0.250. The van der Waals surface area contributed by atoms with Crippen LogP contribution in [-0.2, 0) is 6.18 Å². The second-order valence-corrected chi connectivity index (χ2v) is 2.70. The fourth-order valence-electron chi connectivity index (χ4n) is 0.897. The molecule has 0 saturated carbocycles. The van der Waals surface area contributed by atoms with E-state index in [0.717, 1.165) is 6.92 Å². The molecular formula is C8H6F3NO2. The summed E-state index contributed by atoms with van der Waals surface area (Å²) in [6, 6.07) is 1.02. The first-order chi connectivity index (χ1) is 6.30. The first kappa shape index (κ1) is 10.5. The summed E-state index contributed by atoms with van der Waals surface area (Å²) in [6.45, 7) is 1.07. The van der Waals surface area contributed by atoms with Crippen LogP contribution in [0.15, 0.2) is 16.9 Å². The third kappa shape index (κ3) is 2.21. The molecule has 76 valence electrons. The molecule has 1 N–H and O–H groups in total. The van der Waals surface area contributed by atoms with E-state index in [1.165, 1.54) is 0 Å². The van der Waals surface area contributed by atoms with Crippen LogP contribution in [0.5, 0.6) is 0 Å². The van der Waals surface area contributed by atoms with E-state index >= 15 is 0 Å². The van der Waals surface area contributed by atoms with E-state index < -0.39 is 23.1 Å². The fourth-order valence-corrected chi connectivity index (χ4v) is 0.897. The van der Waals surface area contributed by atoms with Gasteiger partial charge in [-0.2, -0.15) is 13.2 Å². The molecule has 0 aliphatic heterocycles. The van der Waals surface area contributed by atoms with E-state index in [4.69, 9.17) is 0 Å². The van der Waals surface area contributed by atoms with Crippen molar-refractivity contribution in [2.24, 2.45) is 0 Å². The molecule has 6 heteroatoms. The summed E-state index contributed by atoms with van der Waals surface area (Å²) < 4.78 is 36.4. The van der Waals surface area contributed by atoms with Crippen LogP contribution < -0.4 is 5.56 Å². The summed E-state index contributed by atoms with van der Waals surface area (Å²) in [5.74, 6) is -0.617. The maximum absolute atomic E-state index is 12.1.